The highest BCUT2D eigenvalue weighted by molar-refractivity contribution is 7.47. The van der Waals surface area contributed by atoms with Crippen LogP contribution in [0.5, 0.6) is 0 Å². The molecular weight excluding hydrogens is 632 g/mol. The molecule has 23 heteroatoms. The summed E-state index contributed by atoms with van der Waals surface area (Å²) in [6, 6.07) is 1.66. The molecule has 0 saturated carbocycles. The van der Waals surface area contributed by atoms with E-state index in [9.17, 15) is 28.8 Å². The number of aliphatic hydroxyl groups is 1. The largest absolute Gasteiger partial charge is 0.472 e. The quantitative estimate of drug-likeness (QED) is 0.145. The van der Waals surface area contributed by atoms with E-state index in [4.69, 9.17) is 39.0 Å². The van der Waals surface area contributed by atoms with Crippen LogP contribution in [0.15, 0.2) is 29.7 Å². The van der Waals surface area contributed by atoms with Gasteiger partial charge >= 0.3 is 15.6 Å². The van der Waals surface area contributed by atoms with Gasteiger partial charge in [-0.15, -0.1) is 0 Å². The number of phosphoric ester groups is 2. The minimum atomic E-state index is -5.00. The average Bonchev–Trinajstić information content (AvgIpc) is 3.72. The van der Waals surface area contributed by atoms with Crippen LogP contribution in [0.25, 0.3) is 22.2 Å². The van der Waals surface area contributed by atoms with Gasteiger partial charge in [0.25, 0.3) is 5.56 Å². The van der Waals surface area contributed by atoms with Crippen molar-refractivity contribution < 1.29 is 51.6 Å². The lowest BCUT2D eigenvalue weighted by atomic mass is 10.1. The molecule has 8 N–H and O–H groups in total. The number of anilines is 2. The molecule has 9 atom stereocenters. The number of hydrogen-bond acceptors (Lipinski definition) is 16. The molecule has 3 aliphatic rings. The summed E-state index contributed by atoms with van der Waals surface area (Å²) >= 11 is 0. The molecule has 7 heterocycles. The van der Waals surface area contributed by atoms with Crippen LogP contribution in [-0.4, -0.2) is 92.7 Å². The summed E-state index contributed by atoms with van der Waals surface area (Å²) < 4.78 is 62.0. The Bertz CT molecular complexity index is 1900. The van der Waals surface area contributed by atoms with Crippen LogP contribution in [0, 0.1) is 0 Å². The zero-order valence-electron chi connectivity index (χ0n) is 22.2. The van der Waals surface area contributed by atoms with E-state index < -0.39 is 77.4 Å². The molecule has 7 rings (SSSR count). The number of nitrogens with zero attached hydrogens (tertiary/aromatic N) is 6. The lowest BCUT2D eigenvalue weighted by Gasteiger charge is -2.25. The lowest BCUT2D eigenvalue weighted by Crippen LogP contribution is -2.35. The number of nitrogens with one attached hydrogen (secondary N) is 1. The van der Waals surface area contributed by atoms with Crippen LogP contribution in [0.1, 0.15) is 18.9 Å². The molecule has 0 amide bonds. The summed E-state index contributed by atoms with van der Waals surface area (Å²) in [5.41, 5.74) is 11.1. The molecule has 236 valence electrons. The fourth-order valence-corrected chi connectivity index (χ4v) is 7.29. The summed E-state index contributed by atoms with van der Waals surface area (Å²) in [6.07, 6.45) is -5.38. The van der Waals surface area contributed by atoms with Crippen LogP contribution >= 0.6 is 15.6 Å². The maximum atomic E-state index is 13.2. The summed E-state index contributed by atoms with van der Waals surface area (Å²) in [5.74, 6) is -0.0299. The number of aromatic nitrogens is 7. The maximum absolute atomic E-state index is 13.2. The molecule has 3 saturated heterocycles. The van der Waals surface area contributed by atoms with Crippen LogP contribution in [0.4, 0.5) is 11.8 Å². The van der Waals surface area contributed by atoms with E-state index in [0.717, 1.165) is 10.9 Å². The number of fused-ring (bicyclic) bond motifs is 5. The first-order valence-electron chi connectivity index (χ1n) is 13.0. The van der Waals surface area contributed by atoms with Crippen molar-refractivity contribution in [3.05, 3.63) is 35.3 Å². The van der Waals surface area contributed by atoms with Crippen LogP contribution < -0.4 is 17.0 Å². The van der Waals surface area contributed by atoms with E-state index in [-0.39, 0.29) is 29.4 Å². The fraction of sp³-hybridized carbons (Fsp3) is 0.476. The second-order valence-corrected chi connectivity index (χ2v) is 13.0. The summed E-state index contributed by atoms with van der Waals surface area (Å²) in [5, 5.41) is 11.5. The van der Waals surface area contributed by atoms with E-state index in [1.54, 1.807) is 16.8 Å². The van der Waals surface area contributed by atoms with Gasteiger partial charge in [0.1, 0.15) is 54.5 Å². The van der Waals surface area contributed by atoms with Crippen molar-refractivity contribution in [2.24, 2.45) is 0 Å². The molecular formula is C21H25N9O12P2. The van der Waals surface area contributed by atoms with Crippen molar-refractivity contribution in [2.75, 3.05) is 24.7 Å². The second-order valence-electron chi connectivity index (χ2n) is 10.2. The number of H-pyrrole nitrogens is 1. The smallest absolute Gasteiger partial charge is 0.387 e. The Morgan fingerprint density at radius 3 is 2.50 bits per heavy atom. The van der Waals surface area contributed by atoms with Crippen molar-refractivity contribution >= 4 is 49.6 Å². The number of nitrogens with two attached hydrogens (primary N) is 2. The third-order valence-corrected chi connectivity index (χ3v) is 9.39. The highest BCUT2D eigenvalue weighted by Gasteiger charge is 2.52. The molecule has 44 heavy (non-hydrogen) atoms. The third-order valence-electron chi connectivity index (χ3n) is 7.40. The minimum Gasteiger partial charge on any atom is -0.387 e. The SMILES string of the molecule is Nc1nc2c(ncn2[C@@H]2O[C@@H]3COP(=O)(O)OC4C[C@H](n5ccc6c(N)ncnc65)O[C@@H]4COP(=O)(O)O[C@H]2C3O)c(=O)[nH]1. The normalized spacial score (nSPS) is 36.6. The number of aliphatic hydroxyl groups excluding tert-OH is 1. The van der Waals surface area contributed by atoms with Gasteiger partial charge in [0.05, 0.1) is 24.9 Å². The molecule has 0 spiro atoms. The highest BCUT2D eigenvalue weighted by atomic mass is 31.2. The van der Waals surface area contributed by atoms with E-state index in [2.05, 4.69) is 24.9 Å². The van der Waals surface area contributed by atoms with Gasteiger partial charge in [0.15, 0.2) is 17.4 Å². The van der Waals surface area contributed by atoms with Crippen LogP contribution in [0.2, 0.25) is 0 Å². The molecule has 3 aliphatic heterocycles. The van der Waals surface area contributed by atoms with Gasteiger partial charge in [-0.1, -0.05) is 0 Å². The summed E-state index contributed by atoms with van der Waals surface area (Å²) in [4.78, 5) is 52.0. The molecule has 2 bridgehead atoms. The van der Waals surface area contributed by atoms with Crippen molar-refractivity contribution in [1.82, 2.24) is 34.1 Å². The average molecular weight is 657 g/mol. The molecule has 0 aliphatic carbocycles. The van der Waals surface area contributed by atoms with Gasteiger partial charge in [-0.05, 0) is 6.07 Å². The van der Waals surface area contributed by atoms with Gasteiger partial charge in [0, 0.05) is 12.6 Å². The van der Waals surface area contributed by atoms with E-state index in [1.807, 2.05) is 0 Å². The Labute approximate surface area is 244 Å². The molecule has 0 radical (unpaired) electrons. The van der Waals surface area contributed by atoms with Crippen LogP contribution in [0.3, 0.4) is 0 Å². The molecule has 4 unspecified atom stereocenters. The molecule has 3 fully saturated rings. The molecule has 21 nitrogen and oxygen atoms in total. The lowest BCUT2D eigenvalue weighted by molar-refractivity contribution is -0.0669. The maximum Gasteiger partial charge on any atom is 0.472 e. The monoisotopic (exact) mass is 657 g/mol. The zero-order chi connectivity index (χ0) is 31.0. The number of aromatic amines is 1. The van der Waals surface area contributed by atoms with Gasteiger partial charge in [-0.3, -0.25) is 32.4 Å². The van der Waals surface area contributed by atoms with Gasteiger partial charge in [-0.25, -0.2) is 24.1 Å². The number of rotatable bonds is 2. The molecule has 4 aromatic rings. The number of nitrogen functional groups attached to an aromatic ring is 2. The number of ether oxygens (including phenoxy) is 2. The fourth-order valence-electron chi connectivity index (χ4n) is 5.40. The minimum absolute atomic E-state index is 0.0254. The highest BCUT2D eigenvalue weighted by Crippen LogP contribution is 2.53. The third kappa shape index (κ3) is 5.21. The first-order chi connectivity index (χ1) is 20.9. The van der Waals surface area contributed by atoms with E-state index >= 15 is 0 Å². The number of hydrogen-bond donors (Lipinski definition) is 6. The Morgan fingerprint density at radius 2 is 1.70 bits per heavy atom. The van der Waals surface area contributed by atoms with Gasteiger partial charge < -0.3 is 40.4 Å². The van der Waals surface area contributed by atoms with Crippen molar-refractivity contribution in [1.29, 1.82) is 0 Å². The topological polar surface area (TPSA) is 297 Å². The summed E-state index contributed by atoms with van der Waals surface area (Å²) in [7, 11) is -9.85. The van der Waals surface area contributed by atoms with Crippen LogP contribution in [-0.2, 0) is 36.7 Å². The standard InChI is InChI=1S/C21H25N9O12P2/c22-16-8-1-2-29(17(8)25-6-24-16)12-3-9-10(39-12)4-37-44(35,36)42-15-14(31)11(5-38-43(33,34)41-9)40-20(15)30-7-26-13-18(30)27-21(23)28-19(13)32/h1-2,6-7,9-12,14-15,20,31H,3-5H2,(H,33,34)(H,35,36)(H2,22,24,25)(H3,23,27,28,32)/t9?,10-,11-,12-,14?,15+,20-/m1/s1. The number of imidazole rings is 1. The Morgan fingerprint density at radius 1 is 0.955 bits per heavy atom. The first-order valence-corrected chi connectivity index (χ1v) is 16.0. The summed E-state index contributed by atoms with van der Waals surface area (Å²) in [6.45, 7) is -1.37. The molecule has 0 aromatic carbocycles. The number of phosphoric acid groups is 2. The van der Waals surface area contributed by atoms with Gasteiger partial charge in [-0.2, -0.15) is 4.98 Å². The van der Waals surface area contributed by atoms with Crippen molar-refractivity contribution in [3.8, 4) is 0 Å². The Hall–Kier alpha value is -3.33. The predicted molar refractivity (Wildman–Crippen MR) is 144 cm³/mol. The Balaban J connectivity index is 1.19. The molecule has 4 aromatic heterocycles. The van der Waals surface area contributed by atoms with E-state index in [0.29, 0.717) is 11.0 Å². The zero-order valence-corrected chi connectivity index (χ0v) is 24.0. The van der Waals surface area contributed by atoms with E-state index in [1.165, 1.54) is 6.33 Å². The predicted octanol–water partition coefficient (Wildman–Crippen LogP) is -0.707. The van der Waals surface area contributed by atoms with Gasteiger partial charge in [0.2, 0.25) is 5.95 Å². The van der Waals surface area contributed by atoms with Crippen molar-refractivity contribution in [2.45, 2.75) is 49.4 Å². The van der Waals surface area contributed by atoms with Crippen molar-refractivity contribution in [3.63, 3.8) is 0 Å². The first kappa shape index (κ1) is 29.4. The Kier molecular flexibility index (Phi) is 7.11. The second kappa shape index (κ2) is 10.6.